The van der Waals surface area contributed by atoms with Crippen LogP contribution in [-0.4, -0.2) is 15.9 Å². The van der Waals surface area contributed by atoms with Crippen molar-refractivity contribution in [3.63, 3.8) is 0 Å². The fraction of sp³-hybridized carbons (Fsp3) is 0.318. The summed E-state index contributed by atoms with van der Waals surface area (Å²) in [4.78, 5) is 13.0. The van der Waals surface area contributed by atoms with E-state index in [1.165, 1.54) is 23.2 Å². The minimum Gasteiger partial charge on any atom is -0.385 e. The molecule has 5 nitrogen and oxygen atoms in total. The molecule has 0 fully saturated rings. The molecule has 5 heteroatoms. The molecule has 4 rings (SSSR count). The number of anilines is 1. The molecule has 1 aliphatic heterocycles. The van der Waals surface area contributed by atoms with Crippen LogP contribution in [0.25, 0.3) is 5.69 Å². The summed E-state index contributed by atoms with van der Waals surface area (Å²) in [6, 6.07) is 16.2. The Morgan fingerprint density at radius 1 is 1.07 bits per heavy atom. The lowest BCUT2D eigenvalue weighted by Gasteiger charge is -2.21. The number of hydrogen-bond donors (Lipinski definition) is 2. The zero-order chi connectivity index (χ0) is 18.8. The van der Waals surface area contributed by atoms with Crippen molar-refractivity contribution >= 4 is 5.69 Å². The quantitative estimate of drug-likeness (QED) is 0.733. The standard InChI is InChI=1S/C22H26N4O/c1-16-20(22(27)26(25(16)2)18-9-4-3-5-10-18)15-23-14-17-8-6-12-21-19(17)11-7-13-24-21/h3-6,8-10,12,23-24H,7,11,13-15H2,1-2H3. The molecule has 0 atom stereocenters. The number of aromatic nitrogens is 2. The van der Waals surface area contributed by atoms with E-state index in [1.807, 2.05) is 49.0 Å². The molecule has 2 N–H and O–H groups in total. The third-order valence-electron chi connectivity index (χ3n) is 5.48. The molecule has 3 aromatic rings. The fourth-order valence-corrected chi connectivity index (χ4v) is 3.90. The van der Waals surface area contributed by atoms with Crippen LogP contribution in [0, 0.1) is 6.92 Å². The van der Waals surface area contributed by atoms with E-state index < -0.39 is 0 Å². The number of nitrogens with zero attached hydrogens (tertiary/aromatic N) is 2. The van der Waals surface area contributed by atoms with Crippen molar-refractivity contribution < 1.29 is 0 Å². The van der Waals surface area contributed by atoms with Gasteiger partial charge >= 0.3 is 0 Å². The van der Waals surface area contributed by atoms with Gasteiger partial charge in [-0.25, -0.2) is 4.68 Å². The minimum absolute atomic E-state index is 0.0467. The molecule has 1 aromatic heterocycles. The van der Waals surface area contributed by atoms with Gasteiger partial charge < -0.3 is 10.6 Å². The highest BCUT2D eigenvalue weighted by atomic mass is 16.1. The first-order valence-corrected chi connectivity index (χ1v) is 9.55. The molecular formula is C22H26N4O. The maximum Gasteiger partial charge on any atom is 0.276 e. The van der Waals surface area contributed by atoms with Crippen LogP contribution in [0.4, 0.5) is 5.69 Å². The monoisotopic (exact) mass is 362 g/mol. The van der Waals surface area contributed by atoms with E-state index in [-0.39, 0.29) is 5.56 Å². The van der Waals surface area contributed by atoms with E-state index in [9.17, 15) is 4.79 Å². The average molecular weight is 362 g/mol. The van der Waals surface area contributed by atoms with Gasteiger partial charge in [0.2, 0.25) is 0 Å². The first-order valence-electron chi connectivity index (χ1n) is 9.55. The lowest BCUT2D eigenvalue weighted by atomic mass is 9.97. The maximum absolute atomic E-state index is 13.0. The summed E-state index contributed by atoms with van der Waals surface area (Å²) >= 11 is 0. The van der Waals surface area contributed by atoms with Crippen LogP contribution in [0.15, 0.2) is 53.3 Å². The molecule has 0 radical (unpaired) electrons. The van der Waals surface area contributed by atoms with Crippen LogP contribution in [-0.2, 0) is 26.6 Å². The SMILES string of the molecule is Cc1c(CNCc2cccc3c2CCCN3)c(=O)n(-c2ccccc2)n1C. The summed E-state index contributed by atoms with van der Waals surface area (Å²) in [7, 11) is 1.94. The summed E-state index contributed by atoms with van der Waals surface area (Å²) in [5.74, 6) is 0. The summed E-state index contributed by atoms with van der Waals surface area (Å²) in [6.45, 7) is 4.39. The Hall–Kier alpha value is -2.79. The lowest BCUT2D eigenvalue weighted by molar-refractivity contribution is 0.629. The van der Waals surface area contributed by atoms with E-state index in [0.29, 0.717) is 6.54 Å². The van der Waals surface area contributed by atoms with Gasteiger partial charge in [-0.3, -0.25) is 9.48 Å². The van der Waals surface area contributed by atoms with E-state index in [0.717, 1.165) is 36.5 Å². The van der Waals surface area contributed by atoms with E-state index in [1.54, 1.807) is 4.68 Å². The average Bonchev–Trinajstić information content (AvgIpc) is 2.92. The summed E-state index contributed by atoms with van der Waals surface area (Å²) in [5.41, 5.74) is 6.73. The molecule has 2 aromatic carbocycles. The second-order valence-electron chi connectivity index (χ2n) is 7.12. The number of nitrogens with one attached hydrogen (secondary N) is 2. The van der Waals surface area contributed by atoms with Gasteiger partial charge in [-0.05, 0) is 49.1 Å². The van der Waals surface area contributed by atoms with Crippen molar-refractivity contribution in [1.29, 1.82) is 0 Å². The third kappa shape index (κ3) is 3.30. The van der Waals surface area contributed by atoms with Crippen molar-refractivity contribution in [3.8, 4) is 5.69 Å². The molecule has 27 heavy (non-hydrogen) atoms. The highest BCUT2D eigenvalue weighted by Gasteiger charge is 2.16. The topological polar surface area (TPSA) is 51.0 Å². The van der Waals surface area contributed by atoms with Gasteiger partial charge in [0.1, 0.15) is 0 Å². The molecule has 0 spiro atoms. The van der Waals surface area contributed by atoms with E-state index in [4.69, 9.17) is 0 Å². The van der Waals surface area contributed by atoms with Gasteiger partial charge in [0.05, 0.1) is 11.3 Å². The number of benzene rings is 2. The van der Waals surface area contributed by atoms with Crippen LogP contribution in [0.3, 0.4) is 0 Å². The van der Waals surface area contributed by atoms with Gasteiger partial charge in [-0.15, -0.1) is 0 Å². The second kappa shape index (κ2) is 7.45. The predicted molar refractivity (Wildman–Crippen MR) is 110 cm³/mol. The predicted octanol–water partition coefficient (Wildman–Crippen LogP) is 3.13. The highest BCUT2D eigenvalue weighted by Crippen LogP contribution is 2.25. The second-order valence-corrected chi connectivity index (χ2v) is 7.12. The van der Waals surface area contributed by atoms with Crippen molar-refractivity contribution in [2.24, 2.45) is 7.05 Å². The van der Waals surface area contributed by atoms with Crippen LogP contribution >= 0.6 is 0 Å². The Kier molecular flexibility index (Phi) is 4.86. The molecule has 0 bridgehead atoms. The Bertz CT molecular complexity index is 1000. The third-order valence-corrected chi connectivity index (χ3v) is 5.48. The number of hydrogen-bond acceptors (Lipinski definition) is 3. The van der Waals surface area contributed by atoms with Gasteiger partial charge in [-0.1, -0.05) is 30.3 Å². The zero-order valence-electron chi connectivity index (χ0n) is 16.0. The molecule has 0 amide bonds. The lowest BCUT2D eigenvalue weighted by Crippen LogP contribution is -2.24. The van der Waals surface area contributed by atoms with Crippen LogP contribution in [0.1, 0.15) is 28.8 Å². The minimum atomic E-state index is 0.0467. The Balaban J connectivity index is 1.54. The van der Waals surface area contributed by atoms with Crippen molar-refractivity contribution in [1.82, 2.24) is 14.7 Å². The number of rotatable bonds is 5. The molecule has 0 unspecified atom stereocenters. The van der Waals surface area contributed by atoms with Crippen LogP contribution in [0.2, 0.25) is 0 Å². The van der Waals surface area contributed by atoms with Crippen molar-refractivity contribution in [3.05, 3.63) is 81.3 Å². The van der Waals surface area contributed by atoms with Crippen molar-refractivity contribution in [2.45, 2.75) is 32.9 Å². The van der Waals surface area contributed by atoms with Gasteiger partial charge in [0, 0.05) is 38.1 Å². The molecule has 1 aliphatic rings. The Morgan fingerprint density at radius 2 is 1.89 bits per heavy atom. The number of para-hydroxylation sites is 1. The smallest absolute Gasteiger partial charge is 0.276 e. The largest absolute Gasteiger partial charge is 0.385 e. The van der Waals surface area contributed by atoms with Crippen LogP contribution in [0.5, 0.6) is 0 Å². The molecule has 0 saturated heterocycles. The fourth-order valence-electron chi connectivity index (χ4n) is 3.90. The Labute approximate surface area is 159 Å². The summed E-state index contributed by atoms with van der Waals surface area (Å²) in [5, 5.41) is 6.96. The van der Waals surface area contributed by atoms with Gasteiger partial charge in [0.25, 0.3) is 5.56 Å². The molecular weight excluding hydrogens is 336 g/mol. The normalized spacial score (nSPS) is 13.3. The molecule has 0 saturated carbocycles. The summed E-state index contributed by atoms with van der Waals surface area (Å²) < 4.78 is 3.67. The highest BCUT2D eigenvalue weighted by molar-refractivity contribution is 5.56. The molecule has 2 heterocycles. The maximum atomic E-state index is 13.0. The first kappa shape index (κ1) is 17.6. The Morgan fingerprint density at radius 3 is 2.70 bits per heavy atom. The number of fused-ring (bicyclic) bond motifs is 1. The molecule has 0 aliphatic carbocycles. The summed E-state index contributed by atoms with van der Waals surface area (Å²) in [6.07, 6.45) is 2.29. The zero-order valence-corrected chi connectivity index (χ0v) is 16.0. The van der Waals surface area contributed by atoms with E-state index in [2.05, 4.69) is 28.8 Å². The van der Waals surface area contributed by atoms with Crippen molar-refractivity contribution in [2.75, 3.05) is 11.9 Å². The van der Waals surface area contributed by atoms with E-state index >= 15 is 0 Å². The van der Waals surface area contributed by atoms with Crippen LogP contribution < -0.4 is 16.2 Å². The molecule has 140 valence electrons. The van der Waals surface area contributed by atoms with Gasteiger partial charge in [-0.2, -0.15) is 0 Å². The first-order chi connectivity index (χ1) is 13.2. The van der Waals surface area contributed by atoms with Gasteiger partial charge in [0.15, 0.2) is 0 Å².